The van der Waals surface area contributed by atoms with Gasteiger partial charge in [0.05, 0.1) is 12.5 Å². The van der Waals surface area contributed by atoms with Gasteiger partial charge in [-0.3, -0.25) is 4.90 Å². The van der Waals surface area contributed by atoms with Gasteiger partial charge in [-0.2, -0.15) is 5.26 Å². The zero-order chi connectivity index (χ0) is 16.4. The van der Waals surface area contributed by atoms with E-state index in [1.54, 1.807) is 0 Å². The second-order valence-corrected chi connectivity index (χ2v) is 6.40. The summed E-state index contributed by atoms with van der Waals surface area (Å²) in [6, 6.07) is 22.0. The van der Waals surface area contributed by atoms with Crippen LogP contribution in [0, 0.1) is 11.3 Å². The highest BCUT2D eigenvalue weighted by Crippen LogP contribution is 2.35. The number of rotatable bonds is 3. The van der Waals surface area contributed by atoms with Crippen LogP contribution in [0.3, 0.4) is 0 Å². The average molecular weight is 315 g/mol. The lowest BCUT2D eigenvalue weighted by atomic mass is 9.91. The maximum Gasteiger partial charge on any atom is 0.0641 e. The highest BCUT2D eigenvalue weighted by Gasteiger charge is 2.24. The van der Waals surface area contributed by atoms with Crippen molar-refractivity contribution in [2.75, 3.05) is 26.2 Å². The normalized spacial score (nSPS) is 17.0. The quantitative estimate of drug-likeness (QED) is 0.746. The predicted octanol–water partition coefficient (Wildman–Crippen LogP) is 3.85. The predicted molar refractivity (Wildman–Crippen MR) is 98.9 cm³/mol. The van der Waals surface area contributed by atoms with Gasteiger partial charge in [-0.15, -0.1) is 0 Å². The molecular formula is C21H21N3. The summed E-state index contributed by atoms with van der Waals surface area (Å²) in [5.41, 5.74) is 1.28. The van der Waals surface area contributed by atoms with E-state index in [1.807, 2.05) is 0 Å². The Balaban J connectivity index is 1.93. The number of nitrogens with one attached hydrogen (secondary N) is 1. The fourth-order valence-electron chi connectivity index (χ4n) is 3.87. The van der Waals surface area contributed by atoms with E-state index in [1.165, 1.54) is 27.1 Å². The third kappa shape index (κ3) is 2.65. The molecule has 3 heteroatoms. The second-order valence-electron chi connectivity index (χ2n) is 6.40. The number of hydrogen-bond donors (Lipinski definition) is 1. The van der Waals surface area contributed by atoms with Crippen LogP contribution >= 0.6 is 0 Å². The van der Waals surface area contributed by atoms with E-state index in [2.05, 4.69) is 70.9 Å². The molecule has 1 N–H and O–H groups in total. The third-order valence-corrected chi connectivity index (χ3v) is 5.04. The number of benzene rings is 3. The molecule has 0 unspecified atom stereocenters. The van der Waals surface area contributed by atoms with Crippen LogP contribution in [-0.2, 0) is 0 Å². The van der Waals surface area contributed by atoms with E-state index in [4.69, 9.17) is 0 Å². The molecule has 0 spiro atoms. The zero-order valence-corrected chi connectivity index (χ0v) is 13.7. The van der Waals surface area contributed by atoms with Crippen molar-refractivity contribution in [1.82, 2.24) is 10.2 Å². The van der Waals surface area contributed by atoms with Gasteiger partial charge in [0.1, 0.15) is 0 Å². The van der Waals surface area contributed by atoms with E-state index < -0.39 is 0 Å². The molecule has 3 aromatic carbocycles. The monoisotopic (exact) mass is 315 g/mol. The molecule has 0 saturated carbocycles. The molecule has 1 atom stereocenters. The van der Waals surface area contributed by atoms with Gasteiger partial charge in [0.25, 0.3) is 0 Å². The molecule has 4 rings (SSSR count). The number of fused-ring (bicyclic) bond motifs is 3. The van der Waals surface area contributed by atoms with Crippen LogP contribution in [0.15, 0.2) is 54.6 Å². The lowest BCUT2D eigenvalue weighted by molar-refractivity contribution is 0.176. The summed E-state index contributed by atoms with van der Waals surface area (Å²) in [5.74, 6) is 0. The topological polar surface area (TPSA) is 39.1 Å². The first kappa shape index (κ1) is 15.1. The van der Waals surface area contributed by atoms with Crippen LogP contribution in [0.1, 0.15) is 18.0 Å². The van der Waals surface area contributed by atoms with Gasteiger partial charge in [-0.25, -0.2) is 0 Å². The smallest absolute Gasteiger partial charge is 0.0641 e. The first-order valence-corrected chi connectivity index (χ1v) is 8.60. The SMILES string of the molecule is N#CC[C@@H](c1cc2ccccc2c2ccccc12)N1CCNCC1. The van der Waals surface area contributed by atoms with Crippen molar-refractivity contribution in [1.29, 1.82) is 5.26 Å². The molecule has 0 bridgehead atoms. The molecular weight excluding hydrogens is 294 g/mol. The Bertz CT molecular complexity index is 904. The molecule has 0 amide bonds. The van der Waals surface area contributed by atoms with E-state index in [0.717, 1.165) is 26.2 Å². The van der Waals surface area contributed by atoms with E-state index in [-0.39, 0.29) is 6.04 Å². The van der Waals surface area contributed by atoms with Crippen molar-refractivity contribution in [3.05, 3.63) is 60.2 Å². The van der Waals surface area contributed by atoms with Gasteiger partial charge < -0.3 is 5.32 Å². The maximum absolute atomic E-state index is 9.42. The molecule has 24 heavy (non-hydrogen) atoms. The highest BCUT2D eigenvalue weighted by molar-refractivity contribution is 6.09. The molecule has 120 valence electrons. The molecule has 1 saturated heterocycles. The summed E-state index contributed by atoms with van der Waals surface area (Å²) >= 11 is 0. The second kappa shape index (κ2) is 6.60. The lowest BCUT2D eigenvalue weighted by Crippen LogP contribution is -2.45. The molecule has 1 fully saturated rings. The largest absolute Gasteiger partial charge is 0.314 e. The first-order chi connectivity index (χ1) is 11.9. The Labute approximate surface area is 142 Å². The summed E-state index contributed by atoms with van der Waals surface area (Å²) in [6.07, 6.45) is 0.530. The zero-order valence-electron chi connectivity index (χ0n) is 13.7. The Morgan fingerprint density at radius 2 is 1.62 bits per heavy atom. The fourth-order valence-corrected chi connectivity index (χ4v) is 3.87. The van der Waals surface area contributed by atoms with Gasteiger partial charge in [-0.1, -0.05) is 48.5 Å². The summed E-state index contributed by atoms with van der Waals surface area (Å²) in [6.45, 7) is 3.97. The Kier molecular flexibility index (Phi) is 4.17. The Hall–Kier alpha value is -2.41. The minimum absolute atomic E-state index is 0.159. The van der Waals surface area contributed by atoms with E-state index in [0.29, 0.717) is 6.42 Å². The molecule has 0 aliphatic carbocycles. The van der Waals surface area contributed by atoms with Gasteiger partial charge in [0.2, 0.25) is 0 Å². The summed E-state index contributed by atoms with van der Waals surface area (Å²) in [7, 11) is 0. The summed E-state index contributed by atoms with van der Waals surface area (Å²) < 4.78 is 0. The van der Waals surface area contributed by atoms with Crippen molar-refractivity contribution < 1.29 is 0 Å². The van der Waals surface area contributed by atoms with Gasteiger partial charge in [-0.05, 0) is 33.2 Å². The van der Waals surface area contributed by atoms with Crippen LogP contribution in [0.25, 0.3) is 21.5 Å². The molecule has 1 aliphatic rings. The van der Waals surface area contributed by atoms with Crippen LogP contribution < -0.4 is 5.32 Å². The number of piperazine rings is 1. The van der Waals surface area contributed by atoms with Gasteiger partial charge >= 0.3 is 0 Å². The van der Waals surface area contributed by atoms with E-state index in [9.17, 15) is 5.26 Å². The number of hydrogen-bond acceptors (Lipinski definition) is 3. The highest BCUT2D eigenvalue weighted by atomic mass is 15.2. The molecule has 3 aromatic rings. The first-order valence-electron chi connectivity index (χ1n) is 8.60. The minimum atomic E-state index is 0.159. The van der Waals surface area contributed by atoms with Gasteiger partial charge in [0.15, 0.2) is 0 Å². The van der Waals surface area contributed by atoms with Crippen LogP contribution in [0.5, 0.6) is 0 Å². The summed E-state index contributed by atoms with van der Waals surface area (Å²) in [4.78, 5) is 2.45. The Morgan fingerprint density at radius 1 is 0.958 bits per heavy atom. The van der Waals surface area contributed by atoms with Gasteiger partial charge in [0, 0.05) is 32.2 Å². The molecule has 0 radical (unpaired) electrons. The summed E-state index contributed by atoms with van der Waals surface area (Å²) in [5, 5.41) is 17.9. The maximum atomic E-state index is 9.42. The van der Waals surface area contributed by atoms with Crippen molar-refractivity contribution in [3.63, 3.8) is 0 Å². The average Bonchev–Trinajstić information content (AvgIpc) is 2.66. The Morgan fingerprint density at radius 3 is 2.38 bits per heavy atom. The fraction of sp³-hybridized carbons (Fsp3) is 0.286. The minimum Gasteiger partial charge on any atom is -0.314 e. The van der Waals surface area contributed by atoms with Crippen LogP contribution in [0.4, 0.5) is 0 Å². The lowest BCUT2D eigenvalue weighted by Gasteiger charge is -2.34. The standard InChI is InChI=1S/C21H21N3/c22-10-9-21(24-13-11-23-12-14-24)20-15-16-5-1-2-6-17(16)18-7-3-4-8-19(18)20/h1-8,15,21,23H,9,11-14H2/t21-/m0/s1. The van der Waals surface area contributed by atoms with Crippen molar-refractivity contribution >= 4 is 21.5 Å². The number of nitrogens with zero attached hydrogens (tertiary/aromatic N) is 2. The van der Waals surface area contributed by atoms with Crippen molar-refractivity contribution in [3.8, 4) is 6.07 Å². The molecule has 1 aliphatic heterocycles. The van der Waals surface area contributed by atoms with E-state index >= 15 is 0 Å². The molecule has 1 heterocycles. The molecule has 3 nitrogen and oxygen atoms in total. The van der Waals surface area contributed by atoms with Crippen molar-refractivity contribution in [2.45, 2.75) is 12.5 Å². The van der Waals surface area contributed by atoms with Crippen molar-refractivity contribution in [2.24, 2.45) is 0 Å². The number of nitriles is 1. The molecule has 0 aromatic heterocycles. The van der Waals surface area contributed by atoms with Crippen LogP contribution in [0.2, 0.25) is 0 Å². The van der Waals surface area contributed by atoms with Crippen LogP contribution in [-0.4, -0.2) is 31.1 Å². The third-order valence-electron chi connectivity index (χ3n) is 5.04.